The van der Waals surface area contributed by atoms with Crippen molar-refractivity contribution in [3.05, 3.63) is 41.6 Å². The molecule has 1 fully saturated rings. The minimum absolute atomic E-state index is 0.100. The van der Waals surface area contributed by atoms with Crippen molar-refractivity contribution >= 4 is 11.9 Å². The molecule has 1 aromatic heterocycles. The van der Waals surface area contributed by atoms with Crippen LogP contribution in [-0.4, -0.2) is 63.3 Å². The molecule has 7 nitrogen and oxygen atoms in total. The van der Waals surface area contributed by atoms with E-state index in [9.17, 15) is 36.6 Å². The Balaban J connectivity index is 1.86. The minimum Gasteiger partial charge on any atom is -0.481 e. The first-order valence-electron chi connectivity index (χ1n) is 12.4. The van der Waals surface area contributed by atoms with Gasteiger partial charge in [-0.1, -0.05) is 39.0 Å². The molecule has 3 rings (SSSR count). The fraction of sp³-hybridized carbons (Fsp3) is 0.577. The summed E-state index contributed by atoms with van der Waals surface area (Å²) in [5.41, 5.74) is -1.46. The number of hydrogen-bond donors (Lipinski definition) is 2. The van der Waals surface area contributed by atoms with Crippen molar-refractivity contribution in [1.29, 1.82) is 0 Å². The molecule has 0 spiro atoms. The summed E-state index contributed by atoms with van der Waals surface area (Å²) in [6.45, 7) is 6.02. The Morgan fingerprint density at radius 3 is 2.47 bits per heavy atom. The van der Waals surface area contributed by atoms with Gasteiger partial charge >= 0.3 is 12.1 Å². The predicted octanol–water partition coefficient (Wildman–Crippen LogP) is 5.31. The molecule has 1 atom stereocenters. The summed E-state index contributed by atoms with van der Waals surface area (Å²) >= 11 is 0. The van der Waals surface area contributed by atoms with Crippen molar-refractivity contribution in [3.8, 4) is 11.3 Å². The zero-order chi connectivity index (χ0) is 28.3. The maximum Gasteiger partial charge on any atom is 0.417 e. The molecule has 1 amide bonds. The lowest BCUT2D eigenvalue weighted by Gasteiger charge is -2.33. The van der Waals surface area contributed by atoms with Gasteiger partial charge in [-0.25, -0.2) is 8.78 Å². The second-order valence-electron chi connectivity index (χ2n) is 11.0. The summed E-state index contributed by atoms with van der Waals surface area (Å²) in [5, 5.41) is 16.2. The summed E-state index contributed by atoms with van der Waals surface area (Å²) in [6.07, 6.45) is -4.84. The largest absolute Gasteiger partial charge is 0.481 e. The number of aromatic nitrogens is 2. The number of piperidine rings is 1. The number of nitrogens with one attached hydrogen (secondary N) is 1. The van der Waals surface area contributed by atoms with E-state index in [1.54, 1.807) is 0 Å². The fourth-order valence-corrected chi connectivity index (χ4v) is 4.54. The van der Waals surface area contributed by atoms with E-state index in [2.05, 4.69) is 10.4 Å². The number of aliphatic carboxylic acids is 1. The molecule has 2 heterocycles. The second-order valence-corrected chi connectivity index (χ2v) is 11.0. The average Bonchev–Trinajstić information content (AvgIpc) is 3.18. The first-order chi connectivity index (χ1) is 17.5. The van der Waals surface area contributed by atoms with Crippen LogP contribution in [-0.2, 0) is 17.5 Å². The summed E-state index contributed by atoms with van der Waals surface area (Å²) in [5.74, 6) is -4.75. The molecule has 1 aromatic carbocycles. The molecule has 0 saturated carbocycles. The highest BCUT2D eigenvalue weighted by Crippen LogP contribution is 2.37. The molecule has 1 saturated heterocycles. The van der Waals surface area contributed by atoms with Gasteiger partial charge in [-0.05, 0) is 36.9 Å². The van der Waals surface area contributed by atoms with Gasteiger partial charge in [0.15, 0.2) is 5.69 Å². The Morgan fingerprint density at radius 2 is 1.87 bits per heavy atom. The molecular formula is C26H33F5N4O3. The summed E-state index contributed by atoms with van der Waals surface area (Å²) in [6, 6.07) is 5.38. The first kappa shape index (κ1) is 29.5. The van der Waals surface area contributed by atoms with Crippen LogP contribution in [0.15, 0.2) is 30.3 Å². The lowest BCUT2D eigenvalue weighted by molar-refractivity contribution is -0.138. The normalized spacial score (nSPS) is 17.3. The van der Waals surface area contributed by atoms with Crippen LogP contribution >= 0.6 is 0 Å². The van der Waals surface area contributed by atoms with Crippen LogP contribution in [0.25, 0.3) is 11.3 Å². The SMILES string of the molecule is CC(C)(C)Cn1nc(C(=O)N[C@@H](CCN2CCCC(F)(F)C2)CC(=O)O)cc1-c1ccccc1C(F)(F)F. The number of hydrogen-bond acceptors (Lipinski definition) is 4. The van der Waals surface area contributed by atoms with Crippen LogP contribution < -0.4 is 5.32 Å². The molecule has 12 heteroatoms. The molecule has 38 heavy (non-hydrogen) atoms. The van der Waals surface area contributed by atoms with E-state index in [-0.39, 0.29) is 48.3 Å². The molecular weight excluding hydrogens is 511 g/mol. The number of carboxylic acids is 1. The number of carbonyl (C=O) groups excluding carboxylic acids is 1. The maximum absolute atomic E-state index is 13.7. The third kappa shape index (κ3) is 8.24. The standard InChI is InChI=1S/C26H33F5N4O3/c1-24(2,3)15-35-21(18-7-4-5-8-19(18)26(29,30)31)14-20(33-35)23(38)32-17(13-22(36)37)9-12-34-11-6-10-25(27,28)16-34/h4-5,7-8,14,17H,6,9-13,15-16H2,1-3H3,(H,32,38)(H,36,37)/t17-/m0/s1. The fourth-order valence-electron chi connectivity index (χ4n) is 4.54. The summed E-state index contributed by atoms with van der Waals surface area (Å²) < 4.78 is 70.0. The number of amides is 1. The predicted molar refractivity (Wildman–Crippen MR) is 131 cm³/mol. The Kier molecular flexibility index (Phi) is 8.85. The third-order valence-electron chi connectivity index (χ3n) is 6.17. The van der Waals surface area contributed by atoms with Gasteiger partial charge in [0.25, 0.3) is 11.8 Å². The number of carboxylic acid groups (broad SMARTS) is 1. The van der Waals surface area contributed by atoms with Gasteiger partial charge in [0.1, 0.15) is 0 Å². The van der Waals surface area contributed by atoms with Crippen LogP contribution in [0.4, 0.5) is 22.0 Å². The second kappa shape index (κ2) is 11.4. The minimum atomic E-state index is -4.63. The van der Waals surface area contributed by atoms with Crippen molar-refractivity contribution in [2.24, 2.45) is 5.41 Å². The molecule has 0 radical (unpaired) electrons. The number of benzene rings is 1. The highest BCUT2D eigenvalue weighted by molar-refractivity contribution is 5.94. The van der Waals surface area contributed by atoms with Crippen LogP contribution in [0.3, 0.4) is 0 Å². The zero-order valence-corrected chi connectivity index (χ0v) is 21.6. The van der Waals surface area contributed by atoms with Gasteiger partial charge in [-0.2, -0.15) is 18.3 Å². The topological polar surface area (TPSA) is 87.5 Å². The van der Waals surface area contributed by atoms with Crippen LogP contribution in [0, 0.1) is 5.41 Å². The summed E-state index contributed by atoms with van der Waals surface area (Å²) in [7, 11) is 0. The van der Waals surface area contributed by atoms with E-state index < -0.39 is 48.5 Å². The van der Waals surface area contributed by atoms with E-state index in [1.165, 1.54) is 33.8 Å². The Labute approximate surface area is 218 Å². The maximum atomic E-state index is 13.7. The molecule has 210 valence electrons. The van der Waals surface area contributed by atoms with Crippen molar-refractivity contribution in [2.45, 2.75) is 71.1 Å². The molecule has 0 bridgehead atoms. The van der Waals surface area contributed by atoms with Gasteiger partial charge in [-0.15, -0.1) is 0 Å². The molecule has 2 N–H and O–H groups in total. The van der Waals surface area contributed by atoms with Gasteiger partial charge in [0.2, 0.25) is 0 Å². The molecule has 0 aliphatic carbocycles. The third-order valence-corrected chi connectivity index (χ3v) is 6.17. The van der Waals surface area contributed by atoms with Crippen molar-refractivity contribution in [3.63, 3.8) is 0 Å². The molecule has 0 unspecified atom stereocenters. The molecule has 1 aliphatic heterocycles. The van der Waals surface area contributed by atoms with Gasteiger partial charge in [0, 0.05) is 31.1 Å². The number of halogens is 5. The Bertz CT molecular complexity index is 1140. The van der Waals surface area contributed by atoms with Crippen LogP contribution in [0.2, 0.25) is 0 Å². The van der Waals surface area contributed by atoms with Crippen LogP contribution in [0.5, 0.6) is 0 Å². The Hall–Kier alpha value is -3.02. The van der Waals surface area contributed by atoms with Gasteiger partial charge in [0.05, 0.1) is 24.2 Å². The van der Waals surface area contributed by atoms with Crippen LogP contribution in [0.1, 0.15) is 62.5 Å². The smallest absolute Gasteiger partial charge is 0.417 e. The summed E-state index contributed by atoms with van der Waals surface area (Å²) in [4.78, 5) is 26.0. The van der Waals surface area contributed by atoms with E-state index in [1.807, 2.05) is 20.8 Å². The van der Waals surface area contributed by atoms with Gasteiger partial charge < -0.3 is 10.4 Å². The Morgan fingerprint density at radius 1 is 1.18 bits per heavy atom. The monoisotopic (exact) mass is 544 g/mol. The average molecular weight is 545 g/mol. The van der Waals surface area contributed by atoms with Crippen molar-refractivity contribution in [1.82, 2.24) is 20.0 Å². The number of carbonyl (C=O) groups is 2. The van der Waals surface area contributed by atoms with E-state index >= 15 is 0 Å². The number of nitrogens with zero attached hydrogens (tertiary/aromatic N) is 3. The number of likely N-dealkylation sites (tertiary alicyclic amines) is 1. The molecule has 2 aromatic rings. The zero-order valence-electron chi connectivity index (χ0n) is 21.6. The lowest BCUT2D eigenvalue weighted by Crippen LogP contribution is -2.45. The highest BCUT2D eigenvalue weighted by atomic mass is 19.4. The number of alkyl halides is 5. The number of rotatable bonds is 9. The first-order valence-corrected chi connectivity index (χ1v) is 12.4. The molecule has 1 aliphatic rings. The van der Waals surface area contributed by atoms with Gasteiger partial charge in [-0.3, -0.25) is 19.2 Å². The van der Waals surface area contributed by atoms with E-state index in [0.29, 0.717) is 13.0 Å². The quantitative estimate of drug-likeness (QED) is 0.418. The lowest BCUT2D eigenvalue weighted by atomic mass is 9.96. The van der Waals surface area contributed by atoms with Crippen molar-refractivity contribution < 1.29 is 36.6 Å². The highest BCUT2D eigenvalue weighted by Gasteiger charge is 2.36. The van der Waals surface area contributed by atoms with Crippen molar-refractivity contribution in [2.75, 3.05) is 19.6 Å². The van der Waals surface area contributed by atoms with E-state index in [0.717, 1.165) is 6.07 Å². The van der Waals surface area contributed by atoms with E-state index in [4.69, 9.17) is 0 Å².